The SMILES string of the molecule is CC1CC1C(Cl)c1sccc1Cl. The van der Waals surface area contributed by atoms with Crippen LogP contribution in [0.25, 0.3) is 0 Å². The molecule has 0 radical (unpaired) electrons. The van der Waals surface area contributed by atoms with Crippen LogP contribution in [0, 0.1) is 11.8 Å². The maximum Gasteiger partial charge on any atom is 0.0724 e. The molecule has 3 unspecified atom stereocenters. The van der Waals surface area contributed by atoms with Crippen LogP contribution in [0.1, 0.15) is 23.6 Å². The summed E-state index contributed by atoms with van der Waals surface area (Å²) in [6.07, 6.45) is 1.25. The summed E-state index contributed by atoms with van der Waals surface area (Å²) >= 11 is 13.9. The second kappa shape index (κ2) is 3.21. The molecule has 1 aromatic rings. The van der Waals surface area contributed by atoms with E-state index in [1.54, 1.807) is 11.3 Å². The summed E-state index contributed by atoms with van der Waals surface area (Å²) in [6.45, 7) is 2.24. The smallest absolute Gasteiger partial charge is 0.0724 e. The van der Waals surface area contributed by atoms with Gasteiger partial charge >= 0.3 is 0 Å². The van der Waals surface area contributed by atoms with Gasteiger partial charge in [0.25, 0.3) is 0 Å². The molecule has 1 aliphatic carbocycles. The normalized spacial score (nSPS) is 30.2. The lowest BCUT2D eigenvalue weighted by molar-refractivity contribution is 0.731. The highest BCUT2D eigenvalue weighted by Crippen LogP contribution is 2.52. The van der Waals surface area contributed by atoms with E-state index in [0.29, 0.717) is 5.92 Å². The van der Waals surface area contributed by atoms with E-state index in [9.17, 15) is 0 Å². The van der Waals surface area contributed by atoms with Gasteiger partial charge in [-0.1, -0.05) is 18.5 Å². The van der Waals surface area contributed by atoms with E-state index in [0.717, 1.165) is 15.8 Å². The van der Waals surface area contributed by atoms with Crippen molar-refractivity contribution in [2.45, 2.75) is 18.7 Å². The molecule has 0 bridgehead atoms. The summed E-state index contributed by atoms with van der Waals surface area (Å²) in [5, 5.41) is 2.98. The molecular weight excluding hydrogens is 211 g/mol. The van der Waals surface area contributed by atoms with Crippen LogP contribution >= 0.6 is 34.5 Å². The zero-order chi connectivity index (χ0) is 8.72. The summed E-state index contributed by atoms with van der Waals surface area (Å²) in [7, 11) is 0. The van der Waals surface area contributed by atoms with Crippen LogP contribution in [0.2, 0.25) is 5.02 Å². The zero-order valence-corrected chi connectivity index (χ0v) is 9.09. The molecule has 0 aliphatic heterocycles. The van der Waals surface area contributed by atoms with Crippen molar-refractivity contribution >= 4 is 34.5 Å². The number of thiophene rings is 1. The fourth-order valence-electron chi connectivity index (χ4n) is 1.46. The topological polar surface area (TPSA) is 0 Å². The highest BCUT2D eigenvalue weighted by atomic mass is 35.5. The lowest BCUT2D eigenvalue weighted by atomic mass is 10.2. The van der Waals surface area contributed by atoms with E-state index >= 15 is 0 Å². The molecule has 1 fully saturated rings. The lowest BCUT2D eigenvalue weighted by Crippen LogP contribution is -1.91. The molecule has 1 heterocycles. The molecule has 2 rings (SSSR count). The highest BCUT2D eigenvalue weighted by Gasteiger charge is 2.40. The first-order valence-electron chi connectivity index (χ1n) is 4.07. The van der Waals surface area contributed by atoms with E-state index in [2.05, 4.69) is 6.92 Å². The van der Waals surface area contributed by atoms with Crippen molar-refractivity contribution < 1.29 is 0 Å². The summed E-state index contributed by atoms with van der Waals surface area (Å²) in [4.78, 5) is 1.15. The zero-order valence-electron chi connectivity index (χ0n) is 6.76. The van der Waals surface area contributed by atoms with Gasteiger partial charge in [0.1, 0.15) is 0 Å². The van der Waals surface area contributed by atoms with Crippen LogP contribution in [0.3, 0.4) is 0 Å². The molecule has 3 atom stereocenters. The Morgan fingerprint density at radius 1 is 1.67 bits per heavy atom. The third-order valence-electron chi connectivity index (χ3n) is 2.44. The van der Waals surface area contributed by atoms with Crippen LogP contribution in [0.5, 0.6) is 0 Å². The average Bonchev–Trinajstić information content (AvgIpc) is 2.59. The molecule has 12 heavy (non-hydrogen) atoms. The summed E-state index contributed by atoms with van der Waals surface area (Å²) in [5.41, 5.74) is 0. The largest absolute Gasteiger partial charge is 0.146 e. The average molecular weight is 221 g/mol. The fraction of sp³-hybridized carbons (Fsp3) is 0.556. The Morgan fingerprint density at radius 3 is 2.75 bits per heavy atom. The summed E-state index contributed by atoms with van der Waals surface area (Å²) in [6, 6.07) is 1.92. The van der Waals surface area contributed by atoms with Crippen molar-refractivity contribution in [3.05, 3.63) is 21.3 Å². The minimum Gasteiger partial charge on any atom is -0.146 e. The van der Waals surface area contributed by atoms with Gasteiger partial charge < -0.3 is 0 Å². The van der Waals surface area contributed by atoms with Crippen molar-refractivity contribution in [2.75, 3.05) is 0 Å². The van der Waals surface area contributed by atoms with Gasteiger partial charge in [-0.2, -0.15) is 0 Å². The first-order valence-corrected chi connectivity index (χ1v) is 5.76. The molecule has 1 aliphatic rings. The van der Waals surface area contributed by atoms with E-state index in [4.69, 9.17) is 23.2 Å². The third kappa shape index (κ3) is 1.50. The summed E-state index contributed by atoms with van der Waals surface area (Å²) < 4.78 is 0. The molecule has 0 aromatic carbocycles. The Balaban J connectivity index is 2.14. The van der Waals surface area contributed by atoms with Gasteiger partial charge in [0.2, 0.25) is 0 Å². The van der Waals surface area contributed by atoms with E-state index in [-0.39, 0.29) is 5.38 Å². The number of hydrogen-bond donors (Lipinski definition) is 0. The quantitative estimate of drug-likeness (QED) is 0.651. The minimum absolute atomic E-state index is 0.146. The van der Waals surface area contributed by atoms with Gasteiger partial charge in [-0.3, -0.25) is 0 Å². The second-order valence-corrected chi connectivity index (χ2v) is 5.24. The first-order chi connectivity index (χ1) is 5.70. The first kappa shape index (κ1) is 8.86. The van der Waals surface area contributed by atoms with E-state index in [1.807, 2.05) is 11.4 Å². The van der Waals surface area contributed by atoms with Crippen LogP contribution < -0.4 is 0 Å². The van der Waals surface area contributed by atoms with E-state index < -0.39 is 0 Å². The van der Waals surface area contributed by atoms with Crippen molar-refractivity contribution in [3.8, 4) is 0 Å². The number of halogens is 2. The standard InChI is InChI=1S/C9H10Cl2S/c1-5-4-6(5)8(11)9-7(10)2-3-12-9/h2-3,5-6,8H,4H2,1H3. The van der Waals surface area contributed by atoms with Gasteiger partial charge in [0.05, 0.1) is 10.4 Å². The molecule has 1 saturated carbocycles. The van der Waals surface area contributed by atoms with Crippen molar-refractivity contribution in [3.63, 3.8) is 0 Å². The Hall–Kier alpha value is 0.280. The van der Waals surface area contributed by atoms with Gasteiger partial charge in [-0.25, -0.2) is 0 Å². The van der Waals surface area contributed by atoms with Crippen molar-refractivity contribution in [1.29, 1.82) is 0 Å². The number of alkyl halides is 1. The Labute approximate surface area is 86.5 Å². The Morgan fingerprint density at radius 2 is 2.33 bits per heavy atom. The molecular formula is C9H10Cl2S. The maximum absolute atomic E-state index is 6.27. The predicted molar refractivity (Wildman–Crippen MR) is 55.2 cm³/mol. The molecule has 66 valence electrons. The predicted octanol–water partition coefficient (Wildman–Crippen LogP) is 4.34. The van der Waals surface area contributed by atoms with Crippen molar-refractivity contribution in [2.24, 2.45) is 11.8 Å². The summed E-state index contributed by atoms with van der Waals surface area (Å²) in [5.74, 6) is 1.44. The lowest BCUT2D eigenvalue weighted by Gasteiger charge is -2.05. The van der Waals surface area contributed by atoms with Gasteiger partial charge in [-0.15, -0.1) is 22.9 Å². The fourth-order valence-corrected chi connectivity index (χ4v) is 3.36. The molecule has 3 heteroatoms. The van der Waals surface area contributed by atoms with Gasteiger partial charge in [-0.05, 0) is 29.7 Å². The van der Waals surface area contributed by atoms with Gasteiger partial charge in [0.15, 0.2) is 0 Å². The third-order valence-corrected chi connectivity index (χ3v) is 4.56. The molecule has 0 N–H and O–H groups in total. The van der Waals surface area contributed by atoms with Gasteiger partial charge in [0, 0.05) is 4.88 Å². The van der Waals surface area contributed by atoms with Crippen LogP contribution in [0.4, 0.5) is 0 Å². The highest BCUT2D eigenvalue weighted by molar-refractivity contribution is 7.11. The van der Waals surface area contributed by atoms with Crippen molar-refractivity contribution in [1.82, 2.24) is 0 Å². The Kier molecular flexibility index (Phi) is 2.37. The van der Waals surface area contributed by atoms with Crippen LogP contribution in [-0.4, -0.2) is 0 Å². The molecule has 0 spiro atoms. The molecule has 0 nitrogen and oxygen atoms in total. The minimum atomic E-state index is 0.146. The number of rotatable bonds is 2. The molecule has 1 aromatic heterocycles. The monoisotopic (exact) mass is 220 g/mol. The molecule has 0 saturated heterocycles. The second-order valence-electron chi connectivity index (χ2n) is 3.41. The van der Waals surface area contributed by atoms with E-state index in [1.165, 1.54) is 6.42 Å². The Bertz CT molecular complexity index is 282. The molecule has 0 amide bonds. The van der Waals surface area contributed by atoms with Crippen LogP contribution in [-0.2, 0) is 0 Å². The number of hydrogen-bond acceptors (Lipinski definition) is 1. The van der Waals surface area contributed by atoms with Crippen LogP contribution in [0.15, 0.2) is 11.4 Å². The maximum atomic E-state index is 6.27.